The molecule has 3 aromatic rings. The van der Waals surface area contributed by atoms with E-state index in [0.29, 0.717) is 53.3 Å². The number of anilines is 1. The molecule has 5 rings (SSSR count). The van der Waals surface area contributed by atoms with Crippen LogP contribution in [0.1, 0.15) is 6.92 Å². The van der Waals surface area contributed by atoms with Crippen molar-refractivity contribution in [1.82, 2.24) is 14.5 Å². The summed E-state index contributed by atoms with van der Waals surface area (Å²) >= 11 is 5.15. The maximum Gasteiger partial charge on any atom is 0.350 e. The average molecular weight is 547 g/mol. The molecule has 0 bridgehead atoms. The molecule has 2 aliphatic heterocycles. The summed E-state index contributed by atoms with van der Waals surface area (Å²) in [6.45, 7) is 7.53. The van der Waals surface area contributed by atoms with Crippen LogP contribution in [0.2, 0.25) is 0 Å². The summed E-state index contributed by atoms with van der Waals surface area (Å²) in [4.78, 5) is 34.1. The quantitative estimate of drug-likeness (QED) is 0.455. The normalized spacial score (nSPS) is 17.8. The topological polar surface area (TPSA) is 58.4 Å². The zero-order chi connectivity index (χ0) is 24.1. The van der Waals surface area contributed by atoms with Gasteiger partial charge in [-0.2, -0.15) is 4.98 Å². The van der Waals surface area contributed by atoms with Crippen LogP contribution in [0.15, 0.2) is 51.1 Å². The molecule has 0 unspecified atom stereocenters. The molecule has 10 heteroatoms. The molecule has 3 heterocycles. The Kier molecular flexibility index (Phi) is 5.97. The fraction of sp³-hybridized carbons (Fsp3) is 0.292. The molecule has 176 valence electrons. The zero-order valence-corrected chi connectivity index (χ0v) is 20.8. The first-order valence-electron chi connectivity index (χ1n) is 10.8. The molecule has 6 nitrogen and oxygen atoms in total. The van der Waals surface area contributed by atoms with E-state index in [1.807, 2.05) is 17.9 Å². The highest BCUT2D eigenvalue weighted by Crippen LogP contribution is 2.46. The number of aromatic nitrogens is 2. The Balaban J connectivity index is 1.71. The molecule has 0 spiro atoms. The monoisotopic (exact) mass is 546 g/mol. The molecule has 0 aliphatic carbocycles. The van der Waals surface area contributed by atoms with E-state index in [-0.39, 0.29) is 23.2 Å². The summed E-state index contributed by atoms with van der Waals surface area (Å²) in [5.41, 5.74) is 1.19. The maximum absolute atomic E-state index is 14.8. The van der Waals surface area contributed by atoms with Gasteiger partial charge in [-0.3, -0.25) is 9.36 Å². The lowest BCUT2D eigenvalue weighted by atomic mass is 10.0. The van der Waals surface area contributed by atoms with Gasteiger partial charge < -0.3 is 9.80 Å². The highest BCUT2D eigenvalue weighted by Gasteiger charge is 2.31. The van der Waals surface area contributed by atoms with Crippen molar-refractivity contribution in [2.75, 3.05) is 30.3 Å². The second kappa shape index (κ2) is 8.81. The lowest BCUT2D eigenvalue weighted by Crippen LogP contribution is -2.54. The molecule has 1 atom stereocenters. The Hall–Kier alpha value is -2.72. The molecule has 1 amide bonds. The van der Waals surface area contributed by atoms with Gasteiger partial charge in [-0.1, -0.05) is 22.5 Å². The molecule has 2 aromatic carbocycles. The molecule has 0 radical (unpaired) electrons. The molecule has 0 N–H and O–H groups in total. The van der Waals surface area contributed by atoms with Gasteiger partial charge in [-0.05, 0) is 31.2 Å². The van der Waals surface area contributed by atoms with Crippen molar-refractivity contribution in [3.63, 3.8) is 0 Å². The number of amides is 1. The number of piperazine rings is 1. The summed E-state index contributed by atoms with van der Waals surface area (Å²) in [6, 6.07) is 5.30. The molecule has 2 aliphatic rings. The number of halogens is 3. The van der Waals surface area contributed by atoms with Gasteiger partial charge >= 0.3 is 5.69 Å². The third-order valence-electron chi connectivity index (χ3n) is 6.30. The third kappa shape index (κ3) is 3.73. The van der Waals surface area contributed by atoms with Crippen LogP contribution in [0.5, 0.6) is 0 Å². The van der Waals surface area contributed by atoms with Gasteiger partial charge in [-0.15, -0.1) is 11.8 Å². The molecular weight excluding hydrogens is 526 g/mol. The Morgan fingerprint density at radius 3 is 2.76 bits per heavy atom. The van der Waals surface area contributed by atoms with E-state index in [2.05, 4.69) is 27.5 Å². The number of aryl methyl sites for hydroxylation is 1. The van der Waals surface area contributed by atoms with Crippen LogP contribution in [0, 0.1) is 11.6 Å². The van der Waals surface area contributed by atoms with E-state index in [1.54, 1.807) is 21.2 Å². The van der Waals surface area contributed by atoms with Gasteiger partial charge in [0.15, 0.2) is 0 Å². The SMILES string of the molecule is C=CC(=O)N1CCN(c2nc(=O)n3c4c(c(-c5ccc(F)cc5F)c(Br)cc24)SCC3)[C@@H](C)C1. The molecular formula is C24H21BrF2N4O2S. The van der Waals surface area contributed by atoms with Crippen molar-refractivity contribution in [1.29, 1.82) is 0 Å². The first kappa shape index (κ1) is 23.0. The smallest absolute Gasteiger partial charge is 0.350 e. The van der Waals surface area contributed by atoms with Gasteiger partial charge in [0.2, 0.25) is 5.91 Å². The first-order chi connectivity index (χ1) is 16.3. The van der Waals surface area contributed by atoms with Gasteiger partial charge in [0.05, 0.1) is 5.52 Å². The summed E-state index contributed by atoms with van der Waals surface area (Å²) in [6.07, 6.45) is 1.31. The predicted molar refractivity (Wildman–Crippen MR) is 133 cm³/mol. The Labute approximate surface area is 207 Å². The van der Waals surface area contributed by atoms with Crippen LogP contribution >= 0.6 is 27.7 Å². The Morgan fingerprint density at radius 1 is 1.26 bits per heavy atom. The van der Waals surface area contributed by atoms with Crippen molar-refractivity contribution in [2.45, 2.75) is 24.4 Å². The average Bonchev–Trinajstić information content (AvgIpc) is 2.81. The van der Waals surface area contributed by atoms with E-state index >= 15 is 0 Å². The molecule has 1 fully saturated rings. The summed E-state index contributed by atoms with van der Waals surface area (Å²) in [5, 5.41) is 0.773. The van der Waals surface area contributed by atoms with Crippen LogP contribution in [-0.2, 0) is 11.3 Å². The third-order valence-corrected chi connectivity index (χ3v) is 8.00. The van der Waals surface area contributed by atoms with E-state index in [4.69, 9.17) is 0 Å². The zero-order valence-electron chi connectivity index (χ0n) is 18.4. The van der Waals surface area contributed by atoms with Gasteiger partial charge in [0, 0.05) is 69.9 Å². The van der Waals surface area contributed by atoms with Crippen molar-refractivity contribution >= 4 is 50.3 Å². The van der Waals surface area contributed by atoms with Crippen molar-refractivity contribution in [3.8, 4) is 11.1 Å². The van der Waals surface area contributed by atoms with Crippen LogP contribution in [-0.4, -0.2) is 51.8 Å². The fourth-order valence-electron chi connectivity index (χ4n) is 4.71. The molecule has 34 heavy (non-hydrogen) atoms. The van der Waals surface area contributed by atoms with Crippen LogP contribution in [0.25, 0.3) is 22.0 Å². The molecule has 1 saturated heterocycles. The van der Waals surface area contributed by atoms with Crippen LogP contribution < -0.4 is 10.6 Å². The second-order valence-electron chi connectivity index (χ2n) is 8.33. The summed E-state index contributed by atoms with van der Waals surface area (Å²) in [5.74, 6) is -0.256. The standard InChI is InChI=1S/C24H21BrF2N4O2S/c1-3-19(32)29-6-7-30(13(2)12-29)23-16-11-17(25)20(15-5-4-14(26)10-18(15)27)22-21(16)31(8-9-34-22)24(33)28-23/h3-5,10-11,13H,1,6-9,12H2,2H3/t13-/m0/s1. The number of rotatable bonds is 3. The number of thioether (sulfide) groups is 1. The van der Waals surface area contributed by atoms with E-state index in [9.17, 15) is 18.4 Å². The molecule has 1 aromatic heterocycles. The predicted octanol–water partition coefficient (Wildman–Crippen LogP) is 4.43. The minimum absolute atomic E-state index is 0.0735. The van der Waals surface area contributed by atoms with Crippen molar-refractivity contribution in [2.24, 2.45) is 0 Å². The fourth-order valence-corrected chi connectivity index (χ4v) is 6.68. The summed E-state index contributed by atoms with van der Waals surface area (Å²) in [7, 11) is 0. The van der Waals surface area contributed by atoms with Gasteiger partial charge in [0.1, 0.15) is 17.5 Å². The lowest BCUT2D eigenvalue weighted by Gasteiger charge is -2.40. The first-order valence-corrected chi connectivity index (χ1v) is 12.6. The number of nitrogens with zero attached hydrogens (tertiary/aromatic N) is 4. The minimum atomic E-state index is -0.665. The number of benzene rings is 2. The van der Waals surface area contributed by atoms with Gasteiger partial charge in [-0.25, -0.2) is 13.6 Å². The maximum atomic E-state index is 14.8. The van der Waals surface area contributed by atoms with E-state index < -0.39 is 11.6 Å². The molecule has 0 saturated carbocycles. The summed E-state index contributed by atoms with van der Waals surface area (Å²) < 4.78 is 30.6. The van der Waals surface area contributed by atoms with Gasteiger partial charge in [0.25, 0.3) is 0 Å². The Morgan fingerprint density at radius 2 is 2.06 bits per heavy atom. The van der Waals surface area contributed by atoms with E-state index in [0.717, 1.165) is 16.3 Å². The van der Waals surface area contributed by atoms with Crippen LogP contribution in [0.3, 0.4) is 0 Å². The van der Waals surface area contributed by atoms with Crippen molar-refractivity contribution < 1.29 is 13.6 Å². The number of hydrogen-bond acceptors (Lipinski definition) is 5. The minimum Gasteiger partial charge on any atom is -0.350 e. The van der Waals surface area contributed by atoms with Crippen molar-refractivity contribution in [3.05, 3.63) is 63.5 Å². The Bertz CT molecular complexity index is 1410. The lowest BCUT2D eigenvalue weighted by molar-refractivity contribution is -0.126. The number of carbonyl (C=O) groups excluding carboxylic acids is 1. The number of hydrogen-bond donors (Lipinski definition) is 0. The van der Waals surface area contributed by atoms with Crippen LogP contribution in [0.4, 0.5) is 14.6 Å². The second-order valence-corrected chi connectivity index (χ2v) is 10.3. The largest absolute Gasteiger partial charge is 0.350 e. The highest BCUT2D eigenvalue weighted by atomic mass is 79.9. The van der Waals surface area contributed by atoms with E-state index in [1.165, 1.54) is 18.2 Å². The highest BCUT2D eigenvalue weighted by molar-refractivity contribution is 9.10. The number of carbonyl (C=O) groups is 1.